The molecule has 1 heterocycles. The number of unbranched alkanes of at least 4 members (excludes halogenated alkanes) is 1. The van der Waals surface area contributed by atoms with E-state index in [0.717, 1.165) is 20.5 Å². The van der Waals surface area contributed by atoms with Gasteiger partial charge in [0.15, 0.2) is 0 Å². The summed E-state index contributed by atoms with van der Waals surface area (Å²) in [7, 11) is -3.77. The zero-order valence-electron chi connectivity index (χ0n) is 20.4. The van der Waals surface area contributed by atoms with Crippen LogP contribution in [0.2, 0.25) is 10.0 Å². The first-order valence-electron chi connectivity index (χ1n) is 11.7. The van der Waals surface area contributed by atoms with Crippen LogP contribution in [0.1, 0.15) is 31.1 Å². The van der Waals surface area contributed by atoms with E-state index in [-0.39, 0.29) is 34.7 Å². The van der Waals surface area contributed by atoms with E-state index in [4.69, 9.17) is 23.2 Å². The largest absolute Gasteiger partial charge is 0.354 e. The summed E-state index contributed by atoms with van der Waals surface area (Å²) in [6.45, 7) is 6.18. The molecule has 0 unspecified atom stereocenters. The van der Waals surface area contributed by atoms with E-state index in [1.807, 2.05) is 30.3 Å². The van der Waals surface area contributed by atoms with E-state index < -0.39 is 16.1 Å². The molecular weight excluding hydrogens is 553 g/mol. The van der Waals surface area contributed by atoms with Gasteiger partial charge in [0.2, 0.25) is 21.8 Å². The fourth-order valence-corrected chi connectivity index (χ4v) is 6.56. The highest BCUT2D eigenvalue weighted by molar-refractivity contribution is 7.89. The van der Waals surface area contributed by atoms with Crippen molar-refractivity contribution in [2.24, 2.45) is 0 Å². The molecule has 1 atom stereocenters. The molecule has 0 bridgehead atoms. The Kier molecular flexibility index (Phi) is 10.5. The van der Waals surface area contributed by atoms with Crippen molar-refractivity contribution in [3.63, 3.8) is 0 Å². The third kappa shape index (κ3) is 8.83. The number of hydrogen-bond donors (Lipinski definition) is 3. The van der Waals surface area contributed by atoms with E-state index in [2.05, 4.69) is 21.9 Å². The molecule has 0 radical (unpaired) electrons. The van der Waals surface area contributed by atoms with Crippen molar-refractivity contribution in [3.05, 3.63) is 75.6 Å². The molecular formula is C26H29Cl2N3O4S2. The second-order valence-corrected chi connectivity index (χ2v) is 12.4. The monoisotopic (exact) mass is 581 g/mol. The molecule has 0 aliphatic rings. The van der Waals surface area contributed by atoms with E-state index in [0.29, 0.717) is 30.8 Å². The molecule has 7 nitrogen and oxygen atoms in total. The van der Waals surface area contributed by atoms with Crippen LogP contribution < -0.4 is 15.4 Å². The van der Waals surface area contributed by atoms with Crippen LogP contribution in [-0.4, -0.2) is 39.4 Å². The number of halogens is 2. The first-order chi connectivity index (χ1) is 17.5. The number of thiophene rings is 1. The van der Waals surface area contributed by atoms with Crippen LogP contribution in [0.15, 0.2) is 65.6 Å². The maximum Gasteiger partial charge on any atom is 0.242 e. The van der Waals surface area contributed by atoms with Gasteiger partial charge in [0.05, 0.1) is 11.4 Å². The second-order valence-electron chi connectivity index (χ2n) is 8.68. The summed E-state index contributed by atoms with van der Waals surface area (Å²) in [6.07, 6.45) is 1.55. The summed E-state index contributed by atoms with van der Waals surface area (Å²) >= 11 is 13.4. The number of benzene rings is 2. The molecule has 3 N–H and O–H groups in total. The van der Waals surface area contributed by atoms with Crippen LogP contribution in [0.25, 0.3) is 10.1 Å². The lowest BCUT2D eigenvalue weighted by atomic mass is 10.1. The van der Waals surface area contributed by atoms with Crippen molar-refractivity contribution in [2.45, 2.75) is 43.5 Å². The predicted molar refractivity (Wildman–Crippen MR) is 151 cm³/mol. The predicted octanol–water partition coefficient (Wildman–Crippen LogP) is 5.08. The van der Waals surface area contributed by atoms with Crippen molar-refractivity contribution < 1.29 is 18.0 Å². The number of carbonyl (C=O) groups excluding carboxylic acids is 2. The molecule has 0 aliphatic carbocycles. The maximum absolute atomic E-state index is 12.7. The number of rotatable bonds is 13. The third-order valence-electron chi connectivity index (χ3n) is 5.39. The number of sulfonamides is 1. The quantitative estimate of drug-likeness (QED) is 0.193. The zero-order chi connectivity index (χ0) is 27.0. The maximum atomic E-state index is 12.7. The average Bonchev–Trinajstić information content (AvgIpc) is 3.22. The Balaban J connectivity index is 1.44. The van der Waals surface area contributed by atoms with Crippen LogP contribution in [-0.2, 0) is 26.0 Å². The van der Waals surface area contributed by atoms with Crippen molar-refractivity contribution in [2.75, 3.05) is 13.1 Å². The van der Waals surface area contributed by atoms with Gasteiger partial charge in [-0.15, -0.1) is 17.9 Å². The molecule has 3 aromatic rings. The number of fused-ring (bicyclic) bond motifs is 1. The van der Waals surface area contributed by atoms with Gasteiger partial charge in [-0.2, -0.15) is 0 Å². The molecule has 3 rings (SSSR count). The summed E-state index contributed by atoms with van der Waals surface area (Å²) in [5.74, 6) is -0.538. The molecule has 37 heavy (non-hydrogen) atoms. The molecule has 2 amide bonds. The van der Waals surface area contributed by atoms with E-state index in [1.54, 1.807) is 18.3 Å². The third-order valence-corrected chi connectivity index (χ3v) is 8.69. The first-order valence-corrected chi connectivity index (χ1v) is 14.7. The molecule has 198 valence electrons. The summed E-state index contributed by atoms with van der Waals surface area (Å²) in [6, 6.07) is 13.4. The van der Waals surface area contributed by atoms with Gasteiger partial charge in [0, 0.05) is 27.7 Å². The minimum Gasteiger partial charge on any atom is -0.354 e. The van der Waals surface area contributed by atoms with Gasteiger partial charge in [-0.25, -0.2) is 13.1 Å². The lowest BCUT2D eigenvalue weighted by Gasteiger charge is -2.18. The van der Waals surface area contributed by atoms with Crippen molar-refractivity contribution in [3.8, 4) is 0 Å². The van der Waals surface area contributed by atoms with E-state index in [1.165, 1.54) is 18.2 Å². The molecule has 2 aromatic carbocycles. The summed E-state index contributed by atoms with van der Waals surface area (Å²) in [4.78, 5) is 26.3. The van der Waals surface area contributed by atoms with Crippen LogP contribution in [0.3, 0.4) is 0 Å². The van der Waals surface area contributed by atoms with Crippen molar-refractivity contribution in [1.29, 1.82) is 0 Å². The highest BCUT2D eigenvalue weighted by Gasteiger charge is 2.21. The lowest BCUT2D eigenvalue weighted by molar-refractivity contribution is -0.128. The molecule has 1 aromatic heterocycles. The van der Waals surface area contributed by atoms with Gasteiger partial charge >= 0.3 is 0 Å². The van der Waals surface area contributed by atoms with E-state index >= 15 is 0 Å². The van der Waals surface area contributed by atoms with Crippen molar-refractivity contribution >= 4 is 66.5 Å². The second kappa shape index (κ2) is 13.4. The highest BCUT2D eigenvalue weighted by Crippen LogP contribution is 2.26. The number of carbonyl (C=O) groups is 2. The van der Waals surface area contributed by atoms with Crippen LogP contribution >= 0.6 is 34.5 Å². The Morgan fingerprint density at radius 3 is 2.49 bits per heavy atom. The minimum atomic E-state index is -3.77. The summed E-state index contributed by atoms with van der Waals surface area (Å²) in [5, 5.41) is 7.12. The van der Waals surface area contributed by atoms with Gasteiger partial charge in [-0.1, -0.05) is 47.0 Å². The Hall–Kier alpha value is -2.43. The lowest BCUT2D eigenvalue weighted by Crippen LogP contribution is -2.47. The normalized spacial score (nSPS) is 12.3. The standard InChI is InChI=1S/C26H29Cl2N3O4S2/c1-17(2)13-22(31-25(32)16-20-14-18-7-3-4-8-23(18)36-20)26(33)29-11-5-6-12-30-37(34,35)24-10-9-19(27)15-21(24)28/h3-4,7-10,14-15,22,30H,1,5-6,11-13,16H2,2H3,(H,29,33)(H,31,32)/t22-/m0/s1. The van der Waals surface area contributed by atoms with Crippen LogP contribution in [0, 0.1) is 0 Å². The molecule has 11 heteroatoms. The molecule has 0 spiro atoms. The minimum absolute atomic E-state index is 0.0408. The van der Waals surface area contributed by atoms with Crippen LogP contribution in [0.5, 0.6) is 0 Å². The van der Waals surface area contributed by atoms with Crippen molar-refractivity contribution in [1.82, 2.24) is 15.4 Å². The number of amides is 2. The highest BCUT2D eigenvalue weighted by atomic mass is 35.5. The number of hydrogen-bond acceptors (Lipinski definition) is 5. The Morgan fingerprint density at radius 1 is 1.05 bits per heavy atom. The summed E-state index contributed by atoms with van der Waals surface area (Å²) < 4.78 is 28.5. The molecule has 0 saturated heterocycles. The van der Waals surface area contributed by atoms with Gasteiger partial charge in [0.1, 0.15) is 10.9 Å². The van der Waals surface area contributed by atoms with Gasteiger partial charge < -0.3 is 10.6 Å². The Morgan fingerprint density at radius 2 is 1.78 bits per heavy atom. The fraction of sp³-hybridized carbons (Fsp3) is 0.308. The molecule has 0 saturated carbocycles. The average molecular weight is 583 g/mol. The van der Waals surface area contributed by atoms with Crippen LogP contribution in [0.4, 0.5) is 0 Å². The van der Waals surface area contributed by atoms with E-state index in [9.17, 15) is 18.0 Å². The zero-order valence-corrected chi connectivity index (χ0v) is 23.5. The molecule has 0 fully saturated rings. The fourth-order valence-electron chi connectivity index (χ4n) is 3.65. The number of nitrogens with one attached hydrogen (secondary N) is 3. The SMILES string of the molecule is C=C(C)C[C@H](NC(=O)Cc1cc2ccccc2s1)C(=O)NCCCCNS(=O)(=O)c1ccc(Cl)cc1Cl. The van der Waals surface area contributed by atoms with Gasteiger partial charge in [0.25, 0.3) is 0 Å². The van der Waals surface area contributed by atoms with Gasteiger partial charge in [-0.3, -0.25) is 9.59 Å². The first kappa shape index (κ1) is 29.1. The van der Waals surface area contributed by atoms with Gasteiger partial charge in [-0.05, 0) is 61.9 Å². The Bertz CT molecular complexity index is 1360. The summed E-state index contributed by atoms with van der Waals surface area (Å²) in [5.41, 5.74) is 0.776. The smallest absolute Gasteiger partial charge is 0.242 e. The molecule has 0 aliphatic heterocycles. The topological polar surface area (TPSA) is 104 Å². The Labute approximate surface area is 231 Å².